The van der Waals surface area contributed by atoms with Crippen molar-refractivity contribution in [3.63, 3.8) is 0 Å². The highest BCUT2D eigenvalue weighted by Crippen LogP contribution is 2.27. The van der Waals surface area contributed by atoms with Gasteiger partial charge >= 0.3 is 17.9 Å². The van der Waals surface area contributed by atoms with Crippen LogP contribution in [-0.4, -0.2) is 65.9 Å². The standard InChI is InChI=1S/C15H26O9/c1-5-21-11(17)8-15(14(20)23-7-3,9-12(18)22-6-2)24-13(19)10(4)16/h10,13,16,19H,5-9H2,1-4H3. The first-order valence-corrected chi connectivity index (χ1v) is 7.74. The Kier molecular flexibility index (Phi) is 10.2. The Balaban J connectivity index is 5.65. The molecular formula is C15H26O9. The highest BCUT2D eigenvalue weighted by molar-refractivity contribution is 5.90. The molecule has 0 aromatic carbocycles. The molecule has 0 aromatic heterocycles. The number of hydrogen-bond acceptors (Lipinski definition) is 9. The molecule has 0 amide bonds. The van der Waals surface area contributed by atoms with Crippen LogP contribution in [0.2, 0.25) is 0 Å². The summed E-state index contributed by atoms with van der Waals surface area (Å²) in [5.41, 5.74) is -2.16. The molecule has 0 saturated carbocycles. The van der Waals surface area contributed by atoms with E-state index in [2.05, 4.69) is 0 Å². The number of esters is 3. The molecule has 0 spiro atoms. The Labute approximate surface area is 140 Å². The Bertz CT molecular complexity index is 399. The number of rotatable bonds is 11. The van der Waals surface area contributed by atoms with E-state index in [4.69, 9.17) is 18.9 Å². The predicted octanol–water partition coefficient (Wildman–Crippen LogP) is -0.0895. The summed E-state index contributed by atoms with van der Waals surface area (Å²) in [6, 6.07) is 0. The molecule has 0 fully saturated rings. The van der Waals surface area contributed by atoms with Gasteiger partial charge in [-0.15, -0.1) is 0 Å². The molecular weight excluding hydrogens is 324 g/mol. The number of ether oxygens (including phenoxy) is 4. The minimum absolute atomic E-state index is 0.0413. The molecule has 0 saturated heterocycles. The number of aliphatic hydroxyl groups excluding tert-OH is 2. The molecule has 0 radical (unpaired) electrons. The van der Waals surface area contributed by atoms with Crippen molar-refractivity contribution in [1.82, 2.24) is 0 Å². The summed E-state index contributed by atoms with van der Waals surface area (Å²) in [5.74, 6) is -2.69. The van der Waals surface area contributed by atoms with Crippen molar-refractivity contribution in [1.29, 1.82) is 0 Å². The molecule has 9 heteroatoms. The maximum Gasteiger partial charge on any atom is 0.339 e. The normalized spacial score (nSPS) is 13.8. The van der Waals surface area contributed by atoms with Crippen LogP contribution in [0.5, 0.6) is 0 Å². The van der Waals surface area contributed by atoms with Gasteiger partial charge < -0.3 is 29.2 Å². The molecule has 0 rings (SSSR count). The van der Waals surface area contributed by atoms with Gasteiger partial charge in [-0.25, -0.2) is 4.79 Å². The second-order valence-electron chi connectivity index (χ2n) is 4.93. The van der Waals surface area contributed by atoms with E-state index >= 15 is 0 Å². The van der Waals surface area contributed by atoms with Crippen LogP contribution in [0.3, 0.4) is 0 Å². The molecule has 24 heavy (non-hydrogen) atoms. The second kappa shape index (κ2) is 11.0. The van der Waals surface area contributed by atoms with Crippen LogP contribution in [0, 0.1) is 0 Å². The van der Waals surface area contributed by atoms with E-state index in [1.165, 1.54) is 13.8 Å². The molecule has 0 aliphatic rings. The van der Waals surface area contributed by atoms with Gasteiger partial charge in [-0.1, -0.05) is 0 Å². The van der Waals surface area contributed by atoms with E-state index in [-0.39, 0.29) is 19.8 Å². The monoisotopic (exact) mass is 350 g/mol. The average Bonchev–Trinajstić information content (AvgIpc) is 2.47. The van der Waals surface area contributed by atoms with Crippen LogP contribution in [0.1, 0.15) is 40.5 Å². The SMILES string of the molecule is CCOC(=O)CC(CC(=O)OCC)(OC(O)C(C)O)C(=O)OCC. The summed E-state index contributed by atoms with van der Waals surface area (Å²) in [5, 5.41) is 19.2. The lowest BCUT2D eigenvalue weighted by Crippen LogP contribution is -2.51. The quantitative estimate of drug-likeness (QED) is 0.298. The van der Waals surface area contributed by atoms with E-state index in [1.807, 2.05) is 0 Å². The smallest absolute Gasteiger partial charge is 0.339 e. The molecule has 0 bridgehead atoms. The topological polar surface area (TPSA) is 129 Å². The Morgan fingerprint density at radius 3 is 1.62 bits per heavy atom. The first kappa shape index (κ1) is 22.3. The molecule has 0 aliphatic heterocycles. The summed E-state index contributed by atoms with van der Waals surface area (Å²) in [7, 11) is 0. The Hall–Kier alpha value is -1.71. The number of carbonyl (C=O) groups is 3. The number of hydrogen-bond donors (Lipinski definition) is 2. The van der Waals surface area contributed by atoms with Crippen molar-refractivity contribution in [2.75, 3.05) is 19.8 Å². The third kappa shape index (κ3) is 7.24. The largest absolute Gasteiger partial charge is 0.466 e. The number of carbonyl (C=O) groups excluding carboxylic acids is 3. The summed E-state index contributed by atoms with van der Waals surface area (Å²) < 4.78 is 19.6. The van der Waals surface area contributed by atoms with Gasteiger partial charge in [-0.3, -0.25) is 9.59 Å². The lowest BCUT2D eigenvalue weighted by atomic mass is 9.94. The van der Waals surface area contributed by atoms with Crippen LogP contribution in [-0.2, 0) is 33.3 Å². The van der Waals surface area contributed by atoms with E-state index < -0.39 is 48.7 Å². The van der Waals surface area contributed by atoms with Crippen molar-refractivity contribution in [3.8, 4) is 0 Å². The molecule has 0 aromatic rings. The number of aliphatic hydroxyl groups is 2. The van der Waals surface area contributed by atoms with Gasteiger partial charge in [0.05, 0.1) is 32.7 Å². The molecule has 2 unspecified atom stereocenters. The highest BCUT2D eigenvalue weighted by Gasteiger charge is 2.48. The maximum atomic E-state index is 12.3. The summed E-state index contributed by atoms with van der Waals surface area (Å²) in [6.45, 7) is 5.95. The van der Waals surface area contributed by atoms with Gasteiger partial charge in [0, 0.05) is 0 Å². The Morgan fingerprint density at radius 2 is 1.29 bits per heavy atom. The third-order valence-electron chi connectivity index (χ3n) is 2.88. The van der Waals surface area contributed by atoms with Gasteiger partial charge in [0.1, 0.15) is 6.10 Å². The van der Waals surface area contributed by atoms with Crippen LogP contribution < -0.4 is 0 Å². The third-order valence-corrected chi connectivity index (χ3v) is 2.88. The van der Waals surface area contributed by atoms with Gasteiger partial charge in [-0.2, -0.15) is 0 Å². The van der Waals surface area contributed by atoms with Crippen LogP contribution >= 0.6 is 0 Å². The van der Waals surface area contributed by atoms with Crippen LogP contribution in [0.4, 0.5) is 0 Å². The molecule has 140 valence electrons. The highest BCUT2D eigenvalue weighted by atomic mass is 16.7. The van der Waals surface area contributed by atoms with Crippen molar-refractivity contribution < 1.29 is 43.5 Å². The van der Waals surface area contributed by atoms with Crippen LogP contribution in [0.15, 0.2) is 0 Å². The fraction of sp³-hybridized carbons (Fsp3) is 0.800. The van der Waals surface area contributed by atoms with Gasteiger partial charge in [0.15, 0.2) is 11.9 Å². The van der Waals surface area contributed by atoms with Crippen LogP contribution in [0.25, 0.3) is 0 Å². The minimum atomic E-state index is -2.16. The van der Waals surface area contributed by atoms with Crippen molar-refractivity contribution >= 4 is 17.9 Å². The van der Waals surface area contributed by atoms with Gasteiger partial charge in [0.25, 0.3) is 0 Å². The maximum absolute atomic E-state index is 12.3. The Morgan fingerprint density at radius 1 is 0.875 bits per heavy atom. The molecule has 0 aliphatic carbocycles. The fourth-order valence-electron chi connectivity index (χ4n) is 1.82. The second-order valence-corrected chi connectivity index (χ2v) is 4.93. The van der Waals surface area contributed by atoms with Crippen molar-refractivity contribution in [2.45, 2.75) is 58.5 Å². The summed E-state index contributed by atoms with van der Waals surface area (Å²) in [4.78, 5) is 36.1. The van der Waals surface area contributed by atoms with Crippen molar-refractivity contribution in [2.24, 2.45) is 0 Å². The molecule has 2 atom stereocenters. The first-order chi connectivity index (χ1) is 11.2. The first-order valence-electron chi connectivity index (χ1n) is 7.74. The summed E-state index contributed by atoms with van der Waals surface area (Å²) >= 11 is 0. The lowest BCUT2D eigenvalue weighted by Gasteiger charge is -2.32. The molecule has 2 N–H and O–H groups in total. The lowest BCUT2D eigenvalue weighted by molar-refractivity contribution is -0.238. The minimum Gasteiger partial charge on any atom is -0.466 e. The molecule has 9 nitrogen and oxygen atoms in total. The van der Waals surface area contributed by atoms with E-state index in [1.54, 1.807) is 13.8 Å². The zero-order chi connectivity index (χ0) is 18.8. The zero-order valence-electron chi connectivity index (χ0n) is 14.4. The van der Waals surface area contributed by atoms with E-state index in [0.29, 0.717) is 0 Å². The average molecular weight is 350 g/mol. The van der Waals surface area contributed by atoms with Gasteiger partial charge in [-0.05, 0) is 27.7 Å². The van der Waals surface area contributed by atoms with Gasteiger partial charge in [0.2, 0.25) is 0 Å². The van der Waals surface area contributed by atoms with E-state index in [0.717, 1.165) is 0 Å². The van der Waals surface area contributed by atoms with E-state index in [9.17, 15) is 24.6 Å². The van der Waals surface area contributed by atoms with Crippen molar-refractivity contribution in [3.05, 3.63) is 0 Å². The molecule has 0 heterocycles. The fourth-order valence-corrected chi connectivity index (χ4v) is 1.82. The summed E-state index contributed by atoms with van der Waals surface area (Å²) in [6.07, 6.45) is -4.55. The predicted molar refractivity (Wildman–Crippen MR) is 80.6 cm³/mol. The zero-order valence-corrected chi connectivity index (χ0v) is 14.4.